The van der Waals surface area contributed by atoms with E-state index in [0.717, 1.165) is 6.07 Å². The summed E-state index contributed by atoms with van der Waals surface area (Å²) in [5.74, 6) is -2.02. The Bertz CT molecular complexity index is 398. The lowest BCUT2D eigenvalue weighted by atomic mass is 10.1. The van der Waals surface area contributed by atoms with Crippen LogP contribution in [0, 0.1) is 0 Å². The van der Waals surface area contributed by atoms with E-state index in [1.807, 2.05) is 0 Å². The van der Waals surface area contributed by atoms with Gasteiger partial charge in [0.25, 0.3) is 6.43 Å². The van der Waals surface area contributed by atoms with Gasteiger partial charge in [0.2, 0.25) is 0 Å². The molecule has 0 bridgehead atoms. The van der Waals surface area contributed by atoms with Crippen molar-refractivity contribution in [2.24, 2.45) is 0 Å². The van der Waals surface area contributed by atoms with Gasteiger partial charge in [-0.3, -0.25) is 4.79 Å². The monoisotopic (exact) mass is 281 g/mol. The van der Waals surface area contributed by atoms with E-state index in [2.05, 4.69) is 20.9 Å². The number of carboxylic acid groups (broad SMARTS) is 1. The second kappa shape index (κ2) is 4.52. The number of pyridine rings is 1. The van der Waals surface area contributed by atoms with Crippen molar-refractivity contribution in [2.75, 3.05) is 0 Å². The molecule has 0 radical (unpaired) electrons. The van der Waals surface area contributed by atoms with Crippen LogP contribution in [0.5, 0.6) is 5.75 Å². The molecule has 15 heavy (non-hydrogen) atoms. The SMILES string of the molecule is O=C(O)Cc1nc(Br)cc(C(F)F)c1O. The van der Waals surface area contributed by atoms with E-state index < -0.39 is 30.1 Å². The zero-order valence-electron chi connectivity index (χ0n) is 7.25. The minimum absolute atomic E-state index is 0.0619. The molecular formula is C8H6BrF2NO3. The molecule has 0 aliphatic heterocycles. The predicted molar refractivity (Wildman–Crippen MR) is 49.9 cm³/mol. The number of alkyl halides is 2. The van der Waals surface area contributed by atoms with E-state index in [4.69, 9.17) is 5.11 Å². The highest BCUT2D eigenvalue weighted by Crippen LogP contribution is 2.32. The number of aromatic hydroxyl groups is 1. The molecule has 82 valence electrons. The van der Waals surface area contributed by atoms with Crippen LogP contribution in [0.4, 0.5) is 8.78 Å². The number of carboxylic acids is 1. The van der Waals surface area contributed by atoms with E-state index in [1.165, 1.54) is 0 Å². The van der Waals surface area contributed by atoms with Crippen molar-refractivity contribution in [2.45, 2.75) is 12.8 Å². The molecule has 0 atom stereocenters. The molecular weight excluding hydrogens is 276 g/mol. The maximum atomic E-state index is 12.4. The van der Waals surface area contributed by atoms with Gasteiger partial charge in [-0.25, -0.2) is 13.8 Å². The fraction of sp³-hybridized carbons (Fsp3) is 0.250. The molecule has 0 aliphatic rings. The average molecular weight is 282 g/mol. The summed E-state index contributed by atoms with van der Waals surface area (Å²) in [5.41, 5.74) is -0.916. The molecule has 7 heteroatoms. The van der Waals surface area contributed by atoms with E-state index in [0.29, 0.717) is 0 Å². The Hall–Kier alpha value is -1.24. The summed E-state index contributed by atoms with van der Waals surface area (Å²) < 4.78 is 24.8. The number of hydrogen-bond acceptors (Lipinski definition) is 3. The lowest BCUT2D eigenvalue weighted by Gasteiger charge is -2.07. The lowest BCUT2D eigenvalue weighted by molar-refractivity contribution is -0.136. The van der Waals surface area contributed by atoms with Gasteiger partial charge in [-0.1, -0.05) is 0 Å². The molecule has 1 rings (SSSR count). The number of hydrogen-bond donors (Lipinski definition) is 2. The summed E-state index contributed by atoms with van der Waals surface area (Å²) in [6.45, 7) is 0. The summed E-state index contributed by atoms with van der Waals surface area (Å²) >= 11 is 2.86. The fourth-order valence-corrected chi connectivity index (χ4v) is 1.47. The highest BCUT2D eigenvalue weighted by Gasteiger charge is 2.19. The van der Waals surface area contributed by atoms with Crippen LogP contribution in [-0.4, -0.2) is 21.2 Å². The molecule has 0 spiro atoms. The quantitative estimate of drug-likeness (QED) is 0.833. The Kier molecular flexibility index (Phi) is 3.57. The molecule has 0 amide bonds. The third kappa shape index (κ3) is 2.85. The van der Waals surface area contributed by atoms with Crippen LogP contribution in [0.2, 0.25) is 0 Å². The van der Waals surface area contributed by atoms with E-state index in [9.17, 15) is 18.7 Å². The third-order valence-corrected chi connectivity index (χ3v) is 2.02. The lowest BCUT2D eigenvalue weighted by Crippen LogP contribution is -2.04. The summed E-state index contributed by atoms with van der Waals surface area (Å²) in [6.07, 6.45) is -3.48. The first-order chi connectivity index (χ1) is 6.91. The number of nitrogens with zero attached hydrogens (tertiary/aromatic N) is 1. The van der Waals surface area contributed by atoms with Gasteiger partial charge in [0.05, 0.1) is 17.7 Å². The van der Waals surface area contributed by atoms with Gasteiger partial charge in [-0.05, 0) is 22.0 Å². The van der Waals surface area contributed by atoms with Crippen LogP contribution >= 0.6 is 15.9 Å². The van der Waals surface area contributed by atoms with Crippen LogP contribution in [0.25, 0.3) is 0 Å². The molecule has 4 nitrogen and oxygen atoms in total. The number of carbonyl (C=O) groups is 1. The number of aromatic nitrogens is 1. The first kappa shape index (κ1) is 11.8. The smallest absolute Gasteiger partial charge is 0.309 e. The molecule has 1 aromatic heterocycles. The summed E-state index contributed by atoms with van der Waals surface area (Å²) in [5, 5.41) is 17.8. The molecule has 0 unspecified atom stereocenters. The van der Waals surface area contributed by atoms with Crippen LogP contribution in [-0.2, 0) is 11.2 Å². The molecule has 0 saturated carbocycles. The average Bonchev–Trinajstić information content (AvgIpc) is 2.09. The second-order valence-corrected chi connectivity index (χ2v) is 3.51. The van der Waals surface area contributed by atoms with Gasteiger partial charge in [-0.15, -0.1) is 0 Å². The first-order valence-electron chi connectivity index (χ1n) is 3.80. The van der Waals surface area contributed by atoms with Crippen molar-refractivity contribution in [3.63, 3.8) is 0 Å². The summed E-state index contributed by atoms with van der Waals surface area (Å²) in [4.78, 5) is 14.0. The van der Waals surface area contributed by atoms with E-state index in [-0.39, 0.29) is 10.3 Å². The zero-order chi connectivity index (χ0) is 11.6. The van der Waals surface area contributed by atoms with Crippen LogP contribution in [0.15, 0.2) is 10.7 Å². The van der Waals surface area contributed by atoms with Crippen molar-refractivity contribution in [1.82, 2.24) is 4.98 Å². The normalized spacial score (nSPS) is 10.7. The minimum atomic E-state index is -2.88. The van der Waals surface area contributed by atoms with Crippen molar-refractivity contribution < 1.29 is 23.8 Å². The van der Waals surface area contributed by atoms with Crippen LogP contribution in [0.1, 0.15) is 17.7 Å². The first-order valence-corrected chi connectivity index (χ1v) is 4.59. The van der Waals surface area contributed by atoms with Gasteiger partial charge in [-0.2, -0.15) is 0 Å². The number of rotatable bonds is 3. The largest absolute Gasteiger partial charge is 0.506 e. The number of halogens is 3. The summed E-state index contributed by atoms with van der Waals surface area (Å²) in [7, 11) is 0. The third-order valence-electron chi connectivity index (χ3n) is 1.62. The maximum absolute atomic E-state index is 12.4. The molecule has 0 fully saturated rings. The molecule has 0 aliphatic carbocycles. The van der Waals surface area contributed by atoms with Crippen molar-refractivity contribution >= 4 is 21.9 Å². The maximum Gasteiger partial charge on any atom is 0.309 e. The van der Waals surface area contributed by atoms with E-state index >= 15 is 0 Å². The Balaban J connectivity index is 3.21. The van der Waals surface area contributed by atoms with Gasteiger partial charge in [0, 0.05) is 0 Å². The summed E-state index contributed by atoms with van der Waals surface area (Å²) in [6, 6.07) is 0.950. The van der Waals surface area contributed by atoms with E-state index in [1.54, 1.807) is 0 Å². The number of aliphatic carboxylic acids is 1. The zero-order valence-corrected chi connectivity index (χ0v) is 8.83. The predicted octanol–water partition coefficient (Wildman–Crippen LogP) is 2.11. The highest BCUT2D eigenvalue weighted by molar-refractivity contribution is 9.10. The second-order valence-electron chi connectivity index (χ2n) is 2.70. The van der Waals surface area contributed by atoms with Crippen LogP contribution in [0.3, 0.4) is 0 Å². The molecule has 1 heterocycles. The Labute approximate surface area is 91.7 Å². The fourth-order valence-electron chi connectivity index (χ4n) is 1.01. The topological polar surface area (TPSA) is 70.4 Å². The van der Waals surface area contributed by atoms with Gasteiger partial charge >= 0.3 is 5.97 Å². The van der Waals surface area contributed by atoms with Crippen molar-refractivity contribution in [3.8, 4) is 5.75 Å². The molecule has 1 aromatic rings. The Morgan fingerprint density at radius 3 is 2.67 bits per heavy atom. The van der Waals surface area contributed by atoms with Gasteiger partial charge < -0.3 is 10.2 Å². The standard InChI is InChI=1S/C8H6BrF2NO3/c9-5-1-3(8(10)11)7(15)4(12-5)2-6(13)14/h1,8,15H,2H2,(H,13,14). The van der Waals surface area contributed by atoms with Crippen molar-refractivity contribution in [3.05, 3.63) is 21.9 Å². The van der Waals surface area contributed by atoms with Crippen LogP contribution < -0.4 is 0 Å². The van der Waals surface area contributed by atoms with Gasteiger partial charge in [0.15, 0.2) is 0 Å². The minimum Gasteiger partial charge on any atom is -0.506 e. The molecule has 0 aromatic carbocycles. The Morgan fingerprint density at radius 2 is 2.20 bits per heavy atom. The molecule has 2 N–H and O–H groups in total. The highest BCUT2D eigenvalue weighted by atomic mass is 79.9. The molecule has 0 saturated heterocycles. The van der Waals surface area contributed by atoms with Crippen molar-refractivity contribution in [1.29, 1.82) is 0 Å². The Morgan fingerprint density at radius 1 is 1.60 bits per heavy atom. The van der Waals surface area contributed by atoms with Gasteiger partial charge in [0.1, 0.15) is 10.4 Å².